The van der Waals surface area contributed by atoms with Crippen LogP contribution in [-0.2, 0) is 4.74 Å². The first-order valence-corrected chi connectivity index (χ1v) is 12.6. The number of fused-ring (bicyclic) bond motifs is 1. The van der Waals surface area contributed by atoms with Crippen molar-refractivity contribution in [1.82, 2.24) is 25.0 Å². The van der Waals surface area contributed by atoms with Crippen molar-refractivity contribution >= 4 is 28.7 Å². The van der Waals surface area contributed by atoms with Crippen LogP contribution < -0.4 is 5.32 Å². The molecule has 12 heteroatoms. The molecular formula is C24H31FN6O4S. The van der Waals surface area contributed by atoms with Crippen LogP contribution >= 0.6 is 11.8 Å². The number of thioether (sulfide) groups is 1. The maximum atomic E-state index is 14.6. The minimum absolute atomic E-state index is 0.0475. The molecule has 0 spiro atoms. The van der Waals surface area contributed by atoms with Gasteiger partial charge >= 0.3 is 0 Å². The summed E-state index contributed by atoms with van der Waals surface area (Å²) in [5, 5.41) is 42.8. The average Bonchev–Trinajstić information content (AvgIpc) is 3.46. The van der Waals surface area contributed by atoms with E-state index in [0.717, 1.165) is 6.42 Å². The lowest BCUT2D eigenvalue weighted by Crippen LogP contribution is -2.33. The number of nitrogens with one attached hydrogen (secondary N) is 1. The Morgan fingerprint density at radius 1 is 1.31 bits per heavy atom. The second-order valence-electron chi connectivity index (χ2n) is 8.88. The summed E-state index contributed by atoms with van der Waals surface area (Å²) in [5.41, 5.74) is 0.478. The van der Waals surface area contributed by atoms with Crippen LogP contribution in [0, 0.1) is 12.7 Å². The van der Waals surface area contributed by atoms with E-state index < -0.39 is 55.2 Å². The van der Waals surface area contributed by atoms with Crippen LogP contribution in [0.5, 0.6) is 0 Å². The van der Waals surface area contributed by atoms with Gasteiger partial charge in [0.1, 0.15) is 18.0 Å². The molecule has 2 fully saturated rings. The van der Waals surface area contributed by atoms with E-state index in [2.05, 4.69) is 25.6 Å². The average molecular weight is 526 g/mol. The van der Waals surface area contributed by atoms with Crippen molar-refractivity contribution in [2.45, 2.75) is 74.6 Å². The predicted octanol–water partition coefficient (Wildman–Crippen LogP) is 2.18. The summed E-state index contributed by atoms with van der Waals surface area (Å²) in [6, 6.07) is -2.22. The summed E-state index contributed by atoms with van der Waals surface area (Å²) >= 11 is 1.35. The third kappa shape index (κ3) is 4.92. The second kappa shape index (κ2) is 10.5. The highest BCUT2D eigenvalue weighted by atomic mass is 32.2. The van der Waals surface area contributed by atoms with Gasteiger partial charge in [-0.05, 0) is 36.9 Å². The second-order valence-corrected chi connectivity index (χ2v) is 9.95. The van der Waals surface area contributed by atoms with Crippen LogP contribution in [0.1, 0.15) is 58.9 Å². The normalized spacial score (nSPS) is 31.2. The maximum absolute atomic E-state index is 14.6. The topological polar surface area (TPSA) is 138 Å². The van der Waals surface area contributed by atoms with Gasteiger partial charge in [-0.25, -0.2) is 19.0 Å². The number of aromatic nitrogens is 5. The fourth-order valence-corrected chi connectivity index (χ4v) is 5.01. The SMILES string of the molecule is [2H]c1c([2H])c([C@@H]2C[C@H]2Nc2nc(SCCC)nc3c2nnn3[C@@H]2C[C@H](OC([2H])([2H])C([2H])([2H])O)[C@@H](O)[C@H]2O)c([2H])c(F)c1C. The molecular weight excluding hydrogens is 487 g/mol. The van der Waals surface area contributed by atoms with Crippen molar-refractivity contribution in [3.63, 3.8) is 0 Å². The highest BCUT2D eigenvalue weighted by Gasteiger charge is 2.45. The number of halogens is 1. The lowest BCUT2D eigenvalue weighted by molar-refractivity contribution is -0.0629. The lowest BCUT2D eigenvalue weighted by Gasteiger charge is -2.17. The summed E-state index contributed by atoms with van der Waals surface area (Å²) in [6.07, 6.45) is -3.51. The van der Waals surface area contributed by atoms with Gasteiger partial charge < -0.3 is 25.4 Å². The molecule has 6 atom stereocenters. The highest BCUT2D eigenvalue weighted by molar-refractivity contribution is 7.99. The van der Waals surface area contributed by atoms with E-state index in [1.165, 1.54) is 23.4 Å². The lowest BCUT2D eigenvalue weighted by atomic mass is 10.1. The number of anilines is 1. The Morgan fingerprint density at radius 2 is 2.14 bits per heavy atom. The Labute approximate surface area is 222 Å². The molecule has 0 aliphatic heterocycles. The van der Waals surface area contributed by atoms with Gasteiger partial charge in [-0.3, -0.25) is 0 Å². The van der Waals surface area contributed by atoms with Gasteiger partial charge in [0.2, 0.25) is 0 Å². The summed E-state index contributed by atoms with van der Waals surface area (Å²) in [4.78, 5) is 9.12. The molecule has 0 bridgehead atoms. The maximum Gasteiger partial charge on any atom is 0.191 e. The Kier molecular flexibility index (Phi) is 5.26. The van der Waals surface area contributed by atoms with E-state index >= 15 is 0 Å². The summed E-state index contributed by atoms with van der Waals surface area (Å²) < 4.78 is 75.5. The molecule has 2 aliphatic carbocycles. The molecule has 4 N–H and O–H groups in total. The van der Waals surface area contributed by atoms with Gasteiger partial charge in [0, 0.05) is 24.1 Å². The summed E-state index contributed by atoms with van der Waals surface area (Å²) in [6.45, 7) is -3.20. The number of hydrogen-bond acceptors (Lipinski definition) is 10. The highest BCUT2D eigenvalue weighted by Crippen LogP contribution is 2.44. The Morgan fingerprint density at radius 3 is 2.92 bits per heavy atom. The Balaban J connectivity index is 1.46. The molecule has 0 unspecified atom stereocenters. The minimum Gasteiger partial charge on any atom is -0.394 e. The van der Waals surface area contributed by atoms with E-state index in [9.17, 15) is 19.7 Å². The third-order valence-corrected chi connectivity index (χ3v) is 7.40. The summed E-state index contributed by atoms with van der Waals surface area (Å²) in [5.74, 6) is -0.296. The third-order valence-electron chi connectivity index (χ3n) is 6.35. The number of aliphatic hydroxyl groups is 3. The summed E-state index contributed by atoms with van der Waals surface area (Å²) in [7, 11) is 0. The molecule has 10 nitrogen and oxygen atoms in total. The molecule has 0 amide bonds. The van der Waals surface area contributed by atoms with Crippen molar-refractivity contribution in [1.29, 1.82) is 0 Å². The van der Waals surface area contributed by atoms with E-state index in [1.807, 2.05) is 6.92 Å². The first-order chi connectivity index (χ1) is 20.1. The fraction of sp³-hybridized carbons (Fsp3) is 0.583. The molecule has 2 aromatic heterocycles. The number of rotatable bonds is 10. The van der Waals surface area contributed by atoms with Crippen molar-refractivity contribution < 1.29 is 34.0 Å². The van der Waals surface area contributed by atoms with Gasteiger partial charge in [0.15, 0.2) is 22.1 Å². The number of nitrogens with zero attached hydrogens (tertiary/aromatic N) is 5. The molecule has 194 valence electrons. The predicted molar refractivity (Wildman–Crippen MR) is 133 cm³/mol. The molecule has 2 saturated carbocycles. The van der Waals surface area contributed by atoms with Crippen LogP contribution in [0.15, 0.2) is 23.3 Å². The Hall–Kier alpha value is -2.38. The van der Waals surface area contributed by atoms with Crippen LogP contribution in [0.25, 0.3) is 11.2 Å². The Bertz CT molecular complexity index is 1520. The van der Waals surface area contributed by atoms with Crippen LogP contribution in [-0.4, -0.2) is 83.5 Å². The van der Waals surface area contributed by atoms with Crippen molar-refractivity contribution in [3.8, 4) is 0 Å². The van der Waals surface area contributed by atoms with Gasteiger partial charge in [-0.15, -0.1) is 5.10 Å². The smallest absolute Gasteiger partial charge is 0.191 e. The van der Waals surface area contributed by atoms with E-state index in [0.29, 0.717) is 17.3 Å². The zero-order valence-corrected chi connectivity index (χ0v) is 20.4. The molecule has 36 heavy (non-hydrogen) atoms. The van der Waals surface area contributed by atoms with Crippen molar-refractivity contribution in [2.75, 3.05) is 24.2 Å². The quantitative estimate of drug-likeness (QED) is 0.230. The number of aliphatic hydroxyl groups excluding tert-OH is 2. The van der Waals surface area contributed by atoms with Gasteiger partial charge in [0.05, 0.1) is 34.9 Å². The molecule has 2 heterocycles. The standard InChI is InChI=1S/C24H31FN6O4S/c1-3-8-36-24-27-22(26-16-10-14(16)13-5-4-12(2)15(25)9-13)19-23(28-24)31(30-29-19)17-11-18(35-7-6-32)21(34)20(17)33/h4-5,9,14,16-18,20-21,32-34H,3,6-8,10-11H2,1-2H3,(H,26,27,28)/t14-,16+,17+,18-,20-,21+/m0/s1/i4D,5D,6D2,7D2,9D. The largest absolute Gasteiger partial charge is 0.394 e. The molecule has 0 radical (unpaired) electrons. The molecule has 0 saturated heterocycles. The van der Waals surface area contributed by atoms with Crippen molar-refractivity contribution in [2.24, 2.45) is 0 Å². The molecule has 3 aromatic rings. The first kappa shape index (κ1) is 18.0. The minimum atomic E-state index is -3.37. The van der Waals surface area contributed by atoms with Gasteiger partial charge in [-0.2, -0.15) is 0 Å². The van der Waals surface area contributed by atoms with Gasteiger partial charge in [0.25, 0.3) is 0 Å². The van der Waals surface area contributed by atoms with E-state index in [-0.39, 0.29) is 52.7 Å². The van der Waals surface area contributed by atoms with Crippen LogP contribution in [0.2, 0.25) is 0 Å². The molecule has 2 aliphatic rings. The zero-order valence-electron chi connectivity index (χ0n) is 26.6. The monoisotopic (exact) mass is 525 g/mol. The zero-order chi connectivity index (χ0) is 31.6. The van der Waals surface area contributed by atoms with Crippen LogP contribution in [0.3, 0.4) is 0 Å². The number of hydrogen-bond donors (Lipinski definition) is 4. The number of benzene rings is 1. The van der Waals surface area contributed by atoms with E-state index in [4.69, 9.17) is 14.3 Å². The van der Waals surface area contributed by atoms with Crippen molar-refractivity contribution in [3.05, 3.63) is 35.1 Å². The van der Waals surface area contributed by atoms with Gasteiger partial charge in [-0.1, -0.05) is 36.0 Å². The number of ether oxygens (including phenoxy) is 1. The van der Waals surface area contributed by atoms with Crippen LogP contribution in [0.4, 0.5) is 10.2 Å². The van der Waals surface area contributed by atoms with E-state index in [1.54, 1.807) is 0 Å². The first-order valence-electron chi connectivity index (χ1n) is 15.1. The molecule has 5 rings (SSSR count). The fourth-order valence-electron chi connectivity index (χ4n) is 4.31. The molecule has 1 aromatic carbocycles.